The molecule has 0 amide bonds. The van der Waals surface area contributed by atoms with Crippen molar-refractivity contribution in [3.05, 3.63) is 35.9 Å². The maximum Gasteiger partial charge on any atom is 0.144 e. The third-order valence-corrected chi connectivity index (χ3v) is 4.52. The van der Waals surface area contributed by atoms with Gasteiger partial charge in [-0.05, 0) is 30.7 Å². The summed E-state index contributed by atoms with van der Waals surface area (Å²) in [6, 6.07) is 9.97. The quantitative estimate of drug-likeness (QED) is 0.851. The van der Waals surface area contributed by atoms with E-state index in [1.807, 2.05) is 37.3 Å². The van der Waals surface area contributed by atoms with Crippen LogP contribution in [-0.4, -0.2) is 29.2 Å². The van der Waals surface area contributed by atoms with E-state index in [9.17, 15) is 15.0 Å². The molecule has 0 saturated heterocycles. The molecule has 0 spiro atoms. The number of carbonyl (C=O) groups is 1. The molecule has 0 heterocycles. The second kappa shape index (κ2) is 5.85. The van der Waals surface area contributed by atoms with E-state index in [4.69, 9.17) is 0 Å². The van der Waals surface area contributed by atoms with E-state index in [1.54, 1.807) is 0 Å². The molecule has 0 radical (unpaired) electrons. The molecule has 3 nitrogen and oxygen atoms in total. The van der Waals surface area contributed by atoms with Crippen molar-refractivity contribution in [2.24, 2.45) is 17.3 Å². The normalized spacial score (nSPS) is 30.8. The maximum atomic E-state index is 12.5. The number of rotatable bonds is 5. The maximum absolute atomic E-state index is 12.5. The highest BCUT2D eigenvalue weighted by Crippen LogP contribution is 2.47. The molecule has 104 valence electrons. The number of hydrogen-bond acceptors (Lipinski definition) is 3. The Kier molecular flexibility index (Phi) is 4.38. The average Bonchev–Trinajstić information content (AvgIpc) is 2.65. The molecule has 3 atom stereocenters. The summed E-state index contributed by atoms with van der Waals surface area (Å²) < 4.78 is 0. The Morgan fingerprint density at radius 1 is 1.26 bits per heavy atom. The van der Waals surface area contributed by atoms with Crippen LogP contribution in [-0.2, 0) is 11.2 Å². The predicted molar refractivity (Wildman–Crippen MR) is 73.6 cm³/mol. The summed E-state index contributed by atoms with van der Waals surface area (Å²) in [6.07, 6.45) is 2.01. The van der Waals surface area contributed by atoms with Gasteiger partial charge in [0.15, 0.2) is 0 Å². The lowest BCUT2D eigenvalue weighted by Crippen LogP contribution is -2.34. The first-order valence-electron chi connectivity index (χ1n) is 6.91. The molecule has 3 heteroatoms. The number of aliphatic hydroxyl groups excluding tert-OH is 2. The first-order chi connectivity index (χ1) is 9.11. The fourth-order valence-electron chi connectivity index (χ4n) is 3.38. The van der Waals surface area contributed by atoms with E-state index in [0.717, 1.165) is 5.56 Å². The highest BCUT2D eigenvalue weighted by molar-refractivity contribution is 5.89. The van der Waals surface area contributed by atoms with Gasteiger partial charge in [0.1, 0.15) is 5.78 Å². The smallest absolute Gasteiger partial charge is 0.144 e. The van der Waals surface area contributed by atoms with Gasteiger partial charge in [0.2, 0.25) is 0 Å². The summed E-state index contributed by atoms with van der Waals surface area (Å²) in [5, 5.41) is 18.5. The van der Waals surface area contributed by atoms with Crippen LogP contribution in [0.3, 0.4) is 0 Å². The lowest BCUT2D eigenvalue weighted by molar-refractivity contribution is -0.130. The monoisotopic (exact) mass is 262 g/mol. The molecule has 2 N–H and O–H groups in total. The van der Waals surface area contributed by atoms with E-state index in [1.165, 1.54) is 0 Å². The highest BCUT2D eigenvalue weighted by Gasteiger charge is 2.50. The largest absolute Gasteiger partial charge is 0.396 e. The molecule has 0 aliphatic heterocycles. The van der Waals surface area contributed by atoms with Crippen LogP contribution in [0.1, 0.15) is 25.3 Å². The van der Waals surface area contributed by atoms with Gasteiger partial charge < -0.3 is 10.2 Å². The second-order valence-electron chi connectivity index (χ2n) is 5.77. The summed E-state index contributed by atoms with van der Waals surface area (Å²) in [5.74, 6) is 0.0462. The van der Waals surface area contributed by atoms with Crippen molar-refractivity contribution in [1.82, 2.24) is 0 Å². The summed E-state index contributed by atoms with van der Waals surface area (Å²) in [5.41, 5.74) is 0.678. The van der Waals surface area contributed by atoms with Crippen LogP contribution in [0, 0.1) is 17.3 Å². The Hall–Kier alpha value is -1.19. The van der Waals surface area contributed by atoms with E-state index in [2.05, 4.69) is 0 Å². The average molecular weight is 262 g/mol. The molecule has 1 fully saturated rings. The fraction of sp³-hybridized carbons (Fsp3) is 0.562. The molecule has 2 rings (SSSR count). The predicted octanol–water partition coefficient (Wildman–Crippen LogP) is 1.82. The Morgan fingerprint density at radius 3 is 2.53 bits per heavy atom. The lowest BCUT2D eigenvalue weighted by Gasteiger charge is -2.30. The fourth-order valence-corrected chi connectivity index (χ4v) is 3.38. The highest BCUT2D eigenvalue weighted by atomic mass is 16.3. The SMILES string of the molecule is C[C@]1(Cc2ccccc2)C(=O)C(CO)C[C@@H]1CCO. The van der Waals surface area contributed by atoms with Gasteiger partial charge in [-0.2, -0.15) is 0 Å². The van der Waals surface area contributed by atoms with Gasteiger partial charge in [-0.1, -0.05) is 37.3 Å². The molecule has 1 saturated carbocycles. The van der Waals surface area contributed by atoms with Crippen molar-refractivity contribution in [3.8, 4) is 0 Å². The van der Waals surface area contributed by atoms with Crippen LogP contribution < -0.4 is 0 Å². The van der Waals surface area contributed by atoms with Crippen molar-refractivity contribution < 1.29 is 15.0 Å². The van der Waals surface area contributed by atoms with Gasteiger partial charge in [0.05, 0.1) is 6.61 Å². The van der Waals surface area contributed by atoms with Crippen molar-refractivity contribution in [3.63, 3.8) is 0 Å². The first-order valence-corrected chi connectivity index (χ1v) is 6.91. The molecule has 19 heavy (non-hydrogen) atoms. The Balaban J connectivity index is 2.24. The van der Waals surface area contributed by atoms with Gasteiger partial charge in [-0.3, -0.25) is 4.79 Å². The number of aliphatic hydroxyl groups is 2. The Morgan fingerprint density at radius 2 is 1.95 bits per heavy atom. The van der Waals surface area contributed by atoms with Crippen molar-refractivity contribution in [2.75, 3.05) is 13.2 Å². The zero-order chi connectivity index (χ0) is 13.9. The second-order valence-corrected chi connectivity index (χ2v) is 5.77. The Bertz CT molecular complexity index is 429. The van der Waals surface area contributed by atoms with Gasteiger partial charge in [0.25, 0.3) is 0 Å². The van der Waals surface area contributed by atoms with E-state index in [0.29, 0.717) is 19.3 Å². The molecule has 1 aromatic carbocycles. The molecule has 1 aromatic rings. The van der Waals surface area contributed by atoms with Crippen LogP contribution in [0.5, 0.6) is 0 Å². The van der Waals surface area contributed by atoms with Crippen LogP contribution in [0.4, 0.5) is 0 Å². The van der Waals surface area contributed by atoms with E-state index < -0.39 is 5.41 Å². The van der Waals surface area contributed by atoms with Crippen molar-refractivity contribution in [1.29, 1.82) is 0 Å². The number of benzene rings is 1. The van der Waals surface area contributed by atoms with Crippen LogP contribution >= 0.6 is 0 Å². The number of ketones is 1. The summed E-state index contributed by atoms with van der Waals surface area (Å²) >= 11 is 0. The van der Waals surface area contributed by atoms with Gasteiger partial charge in [-0.15, -0.1) is 0 Å². The summed E-state index contributed by atoms with van der Waals surface area (Å²) in [7, 11) is 0. The zero-order valence-corrected chi connectivity index (χ0v) is 11.4. The third kappa shape index (κ3) is 2.72. The molecule has 1 aliphatic rings. The van der Waals surface area contributed by atoms with Gasteiger partial charge >= 0.3 is 0 Å². The zero-order valence-electron chi connectivity index (χ0n) is 11.4. The van der Waals surface area contributed by atoms with E-state index >= 15 is 0 Å². The lowest BCUT2D eigenvalue weighted by atomic mass is 9.73. The Labute approximate surface area is 114 Å². The molecular weight excluding hydrogens is 240 g/mol. The van der Waals surface area contributed by atoms with E-state index in [-0.39, 0.29) is 30.8 Å². The molecule has 1 unspecified atom stereocenters. The molecular formula is C16H22O3. The van der Waals surface area contributed by atoms with Crippen molar-refractivity contribution in [2.45, 2.75) is 26.2 Å². The molecule has 1 aliphatic carbocycles. The summed E-state index contributed by atoms with van der Waals surface area (Å²) in [4.78, 5) is 12.5. The standard InChI is InChI=1S/C16H22O3/c1-16(10-12-5-3-2-4-6-12)14(7-8-17)9-13(11-18)15(16)19/h2-6,13-14,17-18H,7-11H2,1H3/t13?,14-,16+/m0/s1. The first kappa shape index (κ1) is 14.2. The number of carbonyl (C=O) groups excluding carboxylic acids is 1. The molecule has 0 aromatic heterocycles. The minimum Gasteiger partial charge on any atom is -0.396 e. The van der Waals surface area contributed by atoms with Crippen molar-refractivity contribution >= 4 is 5.78 Å². The number of Topliss-reactive ketones (excluding diaryl/α,β-unsaturated/α-hetero) is 1. The molecule has 0 bridgehead atoms. The minimum absolute atomic E-state index is 0.0782. The van der Waals surface area contributed by atoms with Gasteiger partial charge in [0, 0.05) is 17.9 Å². The summed E-state index contributed by atoms with van der Waals surface area (Å²) in [6.45, 7) is 2.00. The van der Waals surface area contributed by atoms with Crippen LogP contribution in [0.25, 0.3) is 0 Å². The van der Waals surface area contributed by atoms with Gasteiger partial charge in [-0.25, -0.2) is 0 Å². The van der Waals surface area contributed by atoms with Crippen LogP contribution in [0.15, 0.2) is 30.3 Å². The number of hydrogen-bond donors (Lipinski definition) is 2. The van der Waals surface area contributed by atoms with Crippen LogP contribution in [0.2, 0.25) is 0 Å². The topological polar surface area (TPSA) is 57.5 Å². The third-order valence-electron chi connectivity index (χ3n) is 4.52. The minimum atomic E-state index is -0.461.